The Kier molecular flexibility index (Phi) is 3.34. The molecule has 1 amide bonds. The second-order valence-electron chi connectivity index (χ2n) is 4.15. The van der Waals surface area contributed by atoms with Crippen LogP contribution in [0, 0.1) is 0 Å². The predicted molar refractivity (Wildman–Crippen MR) is 72.9 cm³/mol. The summed E-state index contributed by atoms with van der Waals surface area (Å²) in [7, 11) is 4.66. The Morgan fingerprint density at radius 1 is 1.50 bits per heavy atom. The van der Waals surface area contributed by atoms with Gasteiger partial charge in [-0.25, -0.2) is 4.79 Å². The highest BCUT2D eigenvalue weighted by molar-refractivity contribution is 5.70. The maximum Gasteiger partial charge on any atom is 0.414 e. The van der Waals surface area contributed by atoms with Gasteiger partial charge in [0.2, 0.25) is 0 Å². The SMILES string of the molecule is [2H][C@](c1cccc(OC(=O)N(C)CC)c1)(N(C)C)[13C]([2H])([2H])[2H]. The molecule has 0 aromatic heterocycles. The third-order valence-electron chi connectivity index (χ3n) is 2.55. The zero-order valence-corrected chi connectivity index (χ0v) is 11.2. The van der Waals surface area contributed by atoms with Gasteiger partial charge in [-0.2, -0.15) is 0 Å². The van der Waals surface area contributed by atoms with Gasteiger partial charge in [-0.15, -0.1) is 0 Å². The first kappa shape index (κ1) is 9.39. The van der Waals surface area contributed by atoms with Crippen LogP contribution < -0.4 is 4.74 Å². The van der Waals surface area contributed by atoms with Crippen LogP contribution in [0.4, 0.5) is 4.79 Å². The molecule has 0 saturated carbocycles. The first-order valence-corrected chi connectivity index (χ1v) is 5.75. The number of ether oxygens (including phenoxy) is 1. The minimum atomic E-state index is -2.56. The molecule has 4 heteroatoms. The number of nitrogens with zero attached hydrogens (tertiary/aromatic N) is 2. The lowest BCUT2D eigenvalue weighted by Gasteiger charge is -2.21. The average molecular weight is 255 g/mol. The summed E-state index contributed by atoms with van der Waals surface area (Å²) in [4.78, 5) is 14.5. The first-order valence-electron chi connectivity index (χ1n) is 7.75. The zero-order chi connectivity index (χ0) is 17.1. The van der Waals surface area contributed by atoms with Crippen molar-refractivity contribution < 1.29 is 15.0 Å². The molecule has 1 atom stereocenters. The highest BCUT2D eigenvalue weighted by atomic mass is 16.6. The molecule has 0 aliphatic heterocycles. The maximum absolute atomic E-state index is 11.8. The van der Waals surface area contributed by atoms with E-state index in [0.29, 0.717) is 6.54 Å². The molecule has 0 bridgehead atoms. The van der Waals surface area contributed by atoms with E-state index in [0.717, 1.165) is 0 Å². The summed E-state index contributed by atoms with van der Waals surface area (Å²) in [5.74, 6) is 0.213. The highest BCUT2D eigenvalue weighted by Crippen LogP contribution is 2.22. The molecule has 0 aliphatic rings. The number of carbonyl (C=O) groups excluding carboxylic acids is 1. The summed E-state index contributed by atoms with van der Waals surface area (Å²) in [6, 6.07) is 4.16. The predicted octanol–water partition coefficient (Wildman–Crippen LogP) is 2.76. The minimum absolute atomic E-state index is 0.213. The molecule has 1 aromatic carbocycles. The van der Waals surface area contributed by atoms with Gasteiger partial charge in [-0.1, -0.05) is 12.1 Å². The average Bonchev–Trinajstić information content (AvgIpc) is 2.44. The number of amides is 1. The number of benzene rings is 1. The number of rotatable bonds is 4. The lowest BCUT2D eigenvalue weighted by atomic mass is 10.1. The van der Waals surface area contributed by atoms with Crippen molar-refractivity contribution in [2.75, 3.05) is 27.7 Å². The molecule has 0 radical (unpaired) electrons. The zero-order valence-electron chi connectivity index (χ0n) is 15.2. The fourth-order valence-electron chi connectivity index (χ4n) is 1.27. The van der Waals surface area contributed by atoms with E-state index < -0.39 is 19.0 Å². The van der Waals surface area contributed by atoms with Crippen molar-refractivity contribution in [2.45, 2.75) is 19.8 Å². The summed E-state index contributed by atoms with van der Waals surface area (Å²) < 4.78 is 36.5. The number of hydrogen-bond acceptors (Lipinski definition) is 3. The topological polar surface area (TPSA) is 32.8 Å². The van der Waals surface area contributed by atoms with Crippen LogP contribution in [0.1, 0.15) is 30.8 Å². The molecule has 18 heavy (non-hydrogen) atoms. The number of carbonyl (C=O) groups is 1. The van der Waals surface area contributed by atoms with Crippen molar-refractivity contribution in [1.82, 2.24) is 9.80 Å². The third-order valence-corrected chi connectivity index (χ3v) is 2.55. The molecule has 0 unspecified atom stereocenters. The second-order valence-corrected chi connectivity index (χ2v) is 4.15. The van der Waals surface area contributed by atoms with Crippen LogP contribution in [-0.4, -0.2) is 43.6 Å². The molecule has 0 aliphatic carbocycles. The molecule has 1 rings (SSSR count). The quantitative estimate of drug-likeness (QED) is 0.776. The Morgan fingerprint density at radius 2 is 2.22 bits per heavy atom. The molecule has 0 saturated heterocycles. The molecule has 0 spiro atoms. The Balaban J connectivity index is 3.17. The van der Waals surface area contributed by atoms with Crippen molar-refractivity contribution in [1.29, 1.82) is 0 Å². The monoisotopic (exact) mass is 255 g/mol. The van der Waals surface area contributed by atoms with E-state index in [1.54, 1.807) is 25.2 Å². The van der Waals surface area contributed by atoms with E-state index in [1.165, 1.54) is 30.0 Å². The van der Waals surface area contributed by atoms with Gasteiger partial charge in [0.25, 0.3) is 0 Å². The molecular weight excluding hydrogens is 229 g/mol. The number of hydrogen-bond donors (Lipinski definition) is 0. The van der Waals surface area contributed by atoms with Gasteiger partial charge >= 0.3 is 6.09 Å². The standard InChI is InChI=1S/C14H22N2O2/c1-6-16(5)14(17)18-13-9-7-8-12(10-13)11(2)15(3)4/h7-11H,6H2,1-5H3/t11-/m0/s1/i2+1D3,11D. The minimum Gasteiger partial charge on any atom is -0.410 e. The van der Waals surface area contributed by atoms with Crippen molar-refractivity contribution in [3.63, 3.8) is 0 Å². The summed E-state index contributed by atoms with van der Waals surface area (Å²) in [6.45, 7) is -0.250. The van der Waals surface area contributed by atoms with Crippen LogP contribution in [-0.2, 0) is 0 Å². The molecule has 100 valence electrons. The maximum atomic E-state index is 11.8. The van der Waals surface area contributed by atoms with Crippen LogP contribution in [0.25, 0.3) is 0 Å². The lowest BCUT2D eigenvalue weighted by Crippen LogP contribution is -2.29. The normalized spacial score (nSPS) is 18.1. The van der Waals surface area contributed by atoms with E-state index in [4.69, 9.17) is 10.2 Å². The summed E-state index contributed by atoms with van der Waals surface area (Å²) in [5, 5.41) is 0. The molecule has 0 fully saturated rings. The molecule has 0 heterocycles. The summed E-state index contributed by atoms with van der Waals surface area (Å²) in [5.41, 5.74) is 0.238. The molecular formula is C14H22N2O2. The molecule has 0 N–H and O–H groups in total. The third kappa shape index (κ3) is 3.74. The largest absolute Gasteiger partial charge is 0.414 e. The Bertz CT molecular complexity index is 534. The fourth-order valence-corrected chi connectivity index (χ4v) is 1.27. The van der Waals surface area contributed by atoms with Gasteiger partial charge < -0.3 is 14.5 Å². The van der Waals surface area contributed by atoms with E-state index >= 15 is 0 Å². The fraction of sp³-hybridized carbons (Fsp3) is 0.500. The van der Waals surface area contributed by atoms with Crippen LogP contribution in [0.15, 0.2) is 24.3 Å². The van der Waals surface area contributed by atoms with Crippen LogP contribution in [0.3, 0.4) is 0 Å². The van der Waals surface area contributed by atoms with Crippen molar-refractivity contribution in [3.05, 3.63) is 29.8 Å². The lowest BCUT2D eigenvalue weighted by molar-refractivity contribution is 0.165. The highest BCUT2D eigenvalue weighted by Gasteiger charge is 2.12. The summed E-state index contributed by atoms with van der Waals surface area (Å²) >= 11 is 0. The van der Waals surface area contributed by atoms with Gasteiger partial charge in [0, 0.05) is 23.7 Å². The van der Waals surface area contributed by atoms with Crippen molar-refractivity contribution >= 4 is 6.09 Å². The van der Waals surface area contributed by atoms with Crippen LogP contribution in [0.2, 0.25) is 0 Å². The van der Waals surface area contributed by atoms with Gasteiger partial charge in [0.1, 0.15) is 5.75 Å². The Hall–Kier alpha value is -1.55. The van der Waals surface area contributed by atoms with E-state index in [-0.39, 0.29) is 11.3 Å². The van der Waals surface area contributed by atoms with Crippen LogP contribution >= 0.6 is 0 Å². The van der Waals surface area contributed by atoms with Gasteiger partial charge in [-0.3, -0.25) is 0 Å². The van der Waals surface area contributed by atoms with E-state index in [9.17, 15) is 4.79 Å². The van der Waals surface area contributed by atoms with Crippen molar-refractivity contribution in [2.24, 2.45) is 0 Å². The van der Waals surface area contributed by atoms with Gasteiger partial charge in [0.15, 0.2) is 0 Å². The van der Waals surface area contributed by atoms with E-state index in [1.807, 2.05) is 6.92 Å². The van der Waals surface area contributed by atoms with Crippen LogP contribution in [0.5, 0.6) is 5.75 Å². The Morgan fingerprint density at radius 3 is 2.78 bits per heavy atom. The van der Waals surface area contributed by atoms with Gasteiger partial charge in [0.05, 0.1) is 1.37 Å². The van der Waals surface area contributed by atoms with Crippen molar-refractivity contribution in [3.8, 4) is 5.75 Å². The van der Waals surface area contributed by atoms with E-state index in [2.05, 4.69) is 0 Å². The molecule has 1 aromatic rings. The molecule has 4 nitrogen and oxygen atoms in total. The Labute approximate surface area is 115 Å². The van der Waals surface area contributed by atoms with Gasteiger partial charge in [-0.05, 0) is 45.6 Å². The second kappa shape index (κ2) is 6.40. The smallest absolute Gasteiger partial charge is 0.410 e. The summed E-state index contributed by atoms with van der Waals surface area (Å²) in [6.07, 6.45) is -0.533. The first-order chi connectivity index (χ1) is 10.0.